The molecule has 2 unspecified atom stereocenters. The summed E-state index contributed by atoms with van der Waals surface area (Å²) < 4.78 is 5.73. The van der Waals surface area contributed by atoms with Crippen LogP contribution in [0.15, 0.2) is 0 Å². The fraction of sp³-hybridized carbons (Fsp3) is 0.917. The Labute approximate surface area is 97.6 Å². The smallest absolute Gasteiger partial charge is 0.323 e. The lowest BCUT2D eigenvalue weighted by Gasteiger charge is -2.35. The van der Waals surface area contributed by atoms with Gasteiger partial charge in [-0.25, -0.2) is 0 Å². The minimum atomic E-state index is -0.816. The summed E-state index contributed by atoms with van der Waals surface area (Å²) in [5.41, 5.74) is -0.816. The third-order valence-corrected chi connectivity index (χ3v) is 3.44. The van der Waals surface area contributed by atoms with E-state index in [-0.39, 0.29) is 6.10 Å². The molecule has 0 amide bonds. The van der Waals surface area contributed by atoms with Gasteiger partial charge in [0, 0.05) is 6.54 Å². The molecule has 94 valence electrons. The normalized spacial score (nSPS) is 26.3. The number of hydrogen-bond acceptors (Lipinski definition) is 3. The van der Waals surface area contributed by atoms with Gasteiger partial charge < -0.3 is 9.84 Å². The van der Waals surface area contributed by atoms with Crippen molar-refractivity contribution in [2.45, 2.75) is 58.3 Å². The Morgan fingerprint density at radius 2 is 2.12 bits per heavy atom. The molecule has 0 spiro atoms. The molecule has 1 aliphatic heterocycles. The van der Waals surface area contributed by atoms with Crippen molar-refractivity contribution in [2.75, 3.05) is 13.1 Å². The predicted molar refractivity (Wildman–Crippen MR) is 62.5 cm³/mol. The van der Waals surface area contributed by atoms with Crippen molar-refractivity contribution in [3.63, 3.8) is 0 Å². The van der Waals surface area contributed by atoms with E-state index >= 15 is 0 Å². The summed E-state index contributed by atoms with van der Waals surface area (Å²) in [5, 5.41) is 9.19. The SMILES string of the molecule is CCN(CC1CCC(C)O1)C(C)(C)C(=O)O. The predicted octanol–water partition coefficient (Wildman–Crippen LogP) is 1.74. The molecular formula is C12H23NO3. The average Bonchev–Trinajstić information content (AvgIpc) is 2.60. The molecule has 0 aromatic heterocycles. The van der Waals surface area contributed by atoms with Gasteiger partial charge >= 0.3 is 5.97 Å². The molecule has 4 nitrogen and oxygen atoms in total. The Bertz CT molecular complexity index is 253. The standard InChI is InChI=1S/C12H23NO3/c1-5-13(12(3,4)11(14)15)8-10-7-6-9(2)16-10/h9-10H,5-8H2,1-4H3,(H,14,15). The number of carboxylic acids is 1. The summed E-state index contributed by atoms with van der Waals surface area (Å²) in [5.74, 6) is -0.777. The van der Waals surface area contributed by atoms with E-state index in [1.54, 1.807) is 13.8 Å². The summed E-state index contributed by atoms with van der Waals surface area (Å²) in [6.45, 7) is 8.99. The van der Waals surface area contributed by atoms with E-state index in [0.717, 1.165) is 19.4 Å². The van der Waals surface area contributed by atoms with E-state index in [9.17, 15) is 9.90 Å². The van der Waals surface area contributed by atoms with Gasteiger partial charge in [0.15, 0.2) is 0 Å². The quantitative estimate of drug-likeness (QED) is 0.780. The fourth-order valence-corrected chi connectivity index (χ4v) is 2.15. The first-order chi connectivity index (χ1) is 7.37. The van der Waals surface area contributed by atoms with E-state index in [0.29, 0.717) is 12.6 Å². The van der Waals surface area contributed by atoms with Gasteiger partial charge in [0.1, 0.15) is 5.54 Å². The highest BCUT2D eigenvalue weighted by Gasteiger charge is 2.36. The van der Waals surface area contributed by atoms with Crippen LogP contribution in [0.5, 0.6) is 0 Å². The maximum Gasteiger partial charge on any atom is 0.323 e. The zero-order valence-corrected chi connectivity index (χ0v) is 10.7. The van der Waals surface area contributed by atoms with Gasteiger partial charge in [0.25, 0.3) is 0 Å². The van der Waals surface area contributed by atoms with Gasteiger partial charge in [-0.1, -0.05) is 6.92 Å². The molecule has 16 heavy (non-hydrogen) atoms. The average molecular weight is 229 g/mol. The Balaban J connectivity index is 2.58. The molecule has 0 aromatic rings. The molecule has 1 heterocycles. The lowest BCUT2D eigenvalue weighted by molar-refractivity contribution is -0.150. The second kappa shape index (κ2) is 5.15. The zero-order valence-electron chi connectivity index (χ0n) is 10.7. The minimum absolute atomic E-state index is 0.188. The van der Waals surface area contributed by atoms with Crippen LogP contribution in [-0.4, -0.2) is 46.8 Å². The summed E-state index contributed by atoms with van der Waals surface area (Å²) in [6.07, 6.45) is 2.62. The van der Waals surface area contributed by atoms with Crippen LogP contribution < -0.4 is 0 Å². The molecular weight excluding hydrogens is 206 g/mol. The molecule has 0 bridgehead atoms. The first-order valence-corrected chi connectivity index (χ1v) is 6.01. The molecule has 1 aliphatic rings. The second-order valence-electron chi connectivity index (χ2n) is 5.05. The Morgan fingerprint density at radius 3 is 2.50 bits per heavy atom. The summed E-state index contributed by atoms with van der Waals surface area (Å²) >= 11 is 0. The first-order valence-electron chi connectivity index (χ1n) is 6.01. The van der Waals surface area contributed by atoms with Crippen LogP contribution in [0.1, 0.15) is 40.5 Å². The van der Waals surface area contributed by atoms with Crippen molar-refractivity contribution in [2.24, 2.45) is 0 Å². The van der Waals surface area contributed by atoms with Crippen LogP contribution >= 0.6 is 0 Å². The van der Waals surface area contributed by atoms with Gasteiger partial charge in [-0.05, 0) is 40.2 Å². The number of likely N-dealkylation sites (N-methyl/N-ethyl adjacent to an activating group) is 1. The van der Waals surface area contributed by atoms with E-state index in [4.69, 9.17) is 4.74 Å². The molecule has 1 N–H and O–H groups in total. The fourth-order valence-electron chi connectivity index (χ4n) is 2.15. The highest BCUT2D eigenvalue weighted by atomic mass is 16.5. The maximum absolute atomic E-state index is 11.2. The lowest BCUT2D eigenvalue weighted by Crippen LogP contribution is -2.52. The van der Waals surface area contributed by atoms with Gasteiger partial charge in [-0.15, -0.1) is 0 Å². The largest absolute Gasteiger partial charge is 0.480 e. The zero-order chi connectivity index (χ0) is 12.3. The Hall–Kier alpha value is -0.610. The highest BCUT2D eigenvalue weighted by molar-refractivity contribution is 5.77. The van der Waals surface area contributed by atoms with E-state index in [1.165, 1.54) is 0 Å². The Morgan fingerprint density at radius 1 is 1.50 bits per heavy atom. The third kappa shape index (κ3) is 2.95. The molecule has 0 radical (unpaired) electrons. The van der Waals surface area contributed by atoms with E-state index < -0.39 is 11.5 Å². The van der Waals surface area contributed by atoms with Crippen LogP contribution in [-0.2, 0) is 9.53 Å². The topological polar surface area (TPSA) is 49.8 Å². The molecule has 0 aliphatic carbocycles. The first kappa shape index (κ1) is 13.5. The molecule has 0 aromatic carbocycles. The molecule has 4 heteroatoms. The third-order valence-electron chi connectivity index (χ3n) is 3.44. The molecule has 1 rings (SSSR count). The van der Waals surface area contributed by atoms with Gasteiger partial charge in [0.05, 0.1) is 12.2 Å². The van der Waals surface area contributed by atoms with E-state index in [2.05, 4.69) is 6.92 Å². The minimum Gasteiger partial charge on any atom is -0.480 e. The Kier molecular flexibility index (Phi) is 4.33. The van der Waals surface area contributed by atoms with Crippen molar-refractivity contribution in [3.05, 3.63) is 0 Å². The van der Waals surface area contributed by atoms with Crippen molar-refractivity contribution < 1.29 is 14.6 Å². The van der Waals surface area contributed by atoms with Crippen LogP contribution in [0.2, 0.25) is 0 Å². The lowest BCUT2D eigenvalue weighted by atomic mass is 10.0. The van der Waals surface area contributed by atoms with Crippen molar-refractivity contribution in [3.8, 4) is 0 Å². The van der Waals surface area contributed by atoms with Gasteiger partial charge in [0.2, 0.25) is 0 Å². The van der Waals surface area contributed by atoms with Crippen LogP contribution in [0, 0.1) is 0 Å². The van der Waals surface area contributed by atoms with Gasteiger partial charge in [-0.2, -0.15) is 0 Å². The molecule has 0 saturated carbocycles. The number of aliphatic carboxylic acids is 1. The second-order valence-corrected chi connectivity index (χ2v) is 5.05. The van der Waals surface area contributed by atoms with Crippen LogP contribution in [0.4, 0.5) is 0 Å². The maximum atomic E-state index is 11.2. The summed E-state index contributed by atoms with van der Waals surface area (Å²) in [4.78, 5) is 13.1. The van der Waals surface area contributed by atoms with Crippen molar-refractivity contribution in [1.82, 2.24) is 4.90 Å². The van der Waals surface area contributed by atoms with Crippen LogP contribution in [0.25, 0.3) is 0 Å². The molecule has 1 fully saturated rings. The van der Waals surface area contributed by atoms with Crippen molar-refractivity contribution >= 4 is 5.97 Å². The van der Waals surface area contributed by atoms with Gasteiger partial charge in [-0.3, -0.25) is 9.69 Å². The monoisotopic (exact) mass is 229 g/mol. The number of hydrogen-bond donors (Lipinski definition) is 1. The number of ether oxygens (including phenoxy) is 1. The summed E-state index contributed by atoms with van der Waals surface area (Å²) in [7, 11) is 0. The van der Waals surface area contributed by atoms with Crippen LogP contribution in [0.3, 0.4) is 0 Å². The molecule has 1 saturated heterocycles. The van der Waals surface area contributed by atoms with Crippen molar-refractivity contribution in [1.29, 1.82) is 0 Å². The number of carboxylic acid groups (broad SMARTS) is 1. The number of carbonyl (C=O) groups is 1. The number of nitrogens with zero attached hydrogens (tertiary/aromatic N) is 1. The molecule has 2 atom stereocenters. The highest BCUT2D eigenvalue weighted by Crippen LogP contribution is 2.23. The van der Waals surface area contributed by atoms with E-state index in [1.807, 2.05) is 11.8 Å². The number of rotatable bonds is 5. The summed E-state index contributed by atoms with van der Waals surface area (Å²) in [6, 6.07) is 0.